The predicted octanol–water partition coefficient (Wildman–Crippen LogP) is -1.26. The number of rotatable bonds is 3. The van der Waals surface area contributed by atoms with Gasteiger partial charge in [0.2, 0.25) is 0 Å². The Hall–Kier alpha value is -1.62. The summed E-state index contributed by atoms with van der Waals surface area (Å²) in [4.78, 5) is 22.0. The molecule has 0 fully saturated rings. The average Bonchev–Trinajstić information content (AvgIpc) is 2.08. The molecule has 0 unspecified atom stereocenters. The Morgan fingerprint density at radius 3 is 2.92 bits per heavy atom. The third-order valence-electron chi connectivity index (χ3n) is 1.54. The van der Waals surface area contributed by atoms with E-state index in [1.54, 1.807) is 0 Å². The number of aliphatic hydroxyl groups excluding tert-OH is 1. The minimum Gasteiger partial charge on any atom is -0.395 e. The number of hydrogen-bond donors (Lipinski definition) is 2. The molecule has 0 aliphatic heterocycles. The van der Waals surface area contributed by atoms with Gasteiger partial charge in [-0.3, -0.25) is 9.59 Å². The fraction of sp³-hybridized carbons (Fsp3) is 0.250. The van der Waals surface area contributed by atoms with Crippen LogP contribution in [0.15, 0.2) is 17.1 Å². The van der Waals surface area contributed by atoms with Gasteiger partial charge in [-0.25, -0.2) is 0 Å². The van der Waals surface area contributed by atoms with E-state index in [0.29, 0.717) is 0 Å². The number of amides is 1. The van der Waals surface area contributed by atoms with Crippen molar-refractivity contribution in [2.45, 2.75) is 6.54 Å². The van der Waals surface area contributed by atoms with Crippen molar-refractivity contribution in [2.24, 2.45) is 5.73 Å². The van der Waals surface area contributed by atoms with Gasteiger partial charge in [-0.1, -0.05) is 0 Å². The van der Waals surface area contributed by atoms with Gasteiger partial charge in [-0.2, -0.15) is 0 Å². The maximum atomic E-state index is 11.3. The molecule has 1 heterocycles. The first-order valence-corrected chi connectivity index (χ1v) is 3.68. The molecule has 3 N–H and O–H groups in total. The van der Waals surface area contributed by atoms with Gasteiger partial charge in [-0.05, 0) is 6.07 Å². The topological polar surface area (TPSA) is 85.3 Å². The lowest BCUT2D eigenvalue weighted by atomic mass is 10.2. The van der Waals surface area contributed by atoms with E-state index in [0.717, 1.165) is 0 Å². The first-order chi connectivity index (χ1) is 6.16. The molecule has 69 valence electrons. The molecule has 1 radical (unpaired) electrons. The van der Waals surface area contributed by atoms with Crippen LogP contribution in [0, 0.1) is 6.07 Å². The summed E-state index contributed by atoms with van der Waals surface area (Å²) in [5, 5.41) is 8.59. The highest BCUT2D eigenvalue weighted by molar-refractivity contribution is 5.91. The van der Waals surface area contributed by atoms with E-state index < -0.39 is 11.5 Å². The molecule has 0 saturated heterocycles. The molecule has 0 spiro atoms. The number of carbonyl (C=O) groups excluding carboxylic acids is 1. The van der Waals surface area contributed by atoms with Gasteiger partial charge in [0, 0.05) is 18.8 Å². The molecule has 1 aromatic rings. The summed E-state index contributed by atoms with van der Waals surface area (Å²) in [6.07, 6.45) is 1.44. The van der Waals surface area contributed by atoms with Gasteiger partial charge in [0.05, 0.1) is 6.61 Å². The Morgan fingerprint density at radius 2 is 2.38 bits per heavy atom. The lowest BCUT2D eigenvalue weighted by Gasteiger charge is -2.02. The third kappa shape index (κ3) is 1.94. The Kier molecular flexibility index (Phi) is 2.81. The first kappa shape index (κ1) is 9.47. The molecule has 0 aliphatic carbocycles. The number of hydrogen-bond acceptors (Lipinski definition) is 3. The van der Waals surface area contributed by atoms with Crippen molar-refractivity contribution in [1.29, 1.82) is 0 Å². The maximum absolute atomic E-state index is 11.3. The molecule has 1 amide bonds. The lowest BCUT2D eigenvalue weighted by Crippen LogP contribution is -2.29. The fourth-order valence-electron chi connectivity index (χ4n) is 0.944. The van der Waals surface area contributed by atoms with Crippen LogP contribution in [-0.4, -0.2) is 22.2 Å². The summed E-state index contributed by atoms with van der Waals surface area (Å²) in [5.74, 6) is -0.808. The Morgan fingerprint density at radius 1 is 1.69 bits per heavy atom. The van der Waals surface area contributed by atoms with E-state index in [1.165, 1.54) is 16.8 Å². The summed E-state index contributed by atoms with van der Waals surface area (Å²) in [6, 6.07) is 3.86. The van der Waals surface area contributed by atoms with Crippen LogP contribution >= 0.6 is 0 Å². The van der Waals surface area contributed by atoms with Gasteiger partial charge in [0.15, 0.2) is 0 Å². The number of aromatic nitrogens is 1. The SMILES string of the molecule is NC(=O)c1[c]ccn(CCO)c1=O. The molecule has 0 aromatic carbocycles. The number of primary amides is 1. The highest BCUT2D eigenvalue weighted by atomic mass is 16.3. The number of carbonyl (C=O) groups is 1. The fourth-order valence-corrected chi connectivity index (χ4v) is 0.944. The third-order valence-corrected chi connectivity index (χ3v) is 1.54. The highest BCUT2D eigenvalue weighted by Gasteiger charge is 2.07. The van der Waals surface area contributed by atoms with Gasteiger partial charge in [0.25, 0.3) is 11.5 Å². The molecule has 13 heavy (non-hydrogen) atoms. The molecule has 0 aliphatic rings. The van der Waals surface area contributed by atoms with Crippen LogP contribution in [0.5, 0.6) is 0 Å². The van der Waals surface area contributed by atoms with E-state index in [-0.39, 0.29) is 18.7 Å². The number of nitrogens with two attached hydrogens (primary N) is 1. The zero-order valence-corrected chi connectivity index (χ0v) is 6.86. The molecular formula is C8H9N2O3. The van der Waals surface area contributed by atoms with Crippen LogP contribution in [0.2, 0.25) is 0 Å². The molecule has 5 nitrogen and oxygen atoms in total. The summed E-state index contributed by atoms with van der Waals surface area (Å²) < 4.78 is 1.20. The molecular weight excluding hydrogens is 172 g/mol. The van der Waals surface area contributed by atoms with E-state index >= 15 is 0 Å². The minimum atomic E-state index is -0.808. The monoisotopic (exact) mass is 181 g/mol. The summed E-state index contributed by atoms with van der Waals surface area (Å²) in [5.41, 5.74) is 4.23. The average molecular weight is 181 g/mol. The van der Waals surface area contributed by atoms with Gasteiger partial charge < -0.3 is 15.4 Å². The smallest absolute Gasteiger partial charge is 0.264 e. The van der Waals surface area contributed by atoms with Crippen molar-refractivity contribution < 1.29 is 9.90 Å². The van der Waals surface area contributed by atoms with E-state index in [9.17, 15) is 9.59 Å². The highest BCUT2D eigenvalue weighted by Crippen LogP contribution is 1.89. The Balaban J connectivity index is 3.19. The lowest BCUT2D eigenvalue weighted by molar-refractivity contribution is 0.0997. The largest absolute Gasteiger partial charge is 0.395 e. The minimum absolute atomic E-state index is 0.147. The van der Waals surface area contributed by atoms with Crippen LogP contribution in [0.4, 0.5) is 0 Å². The van der Waals surface area contributed by atoms with Gasteiger partial charge >= 0.3 is 0 Å². The van der Waals surface area contributed by atoms with Gasteiger partial charge in [-0.15, -0.1) is 0 Å². The normalized spacial score (nSPS) is 9.92. The second-order valence-corrected chi connectivity index (χ2v) is 2.42. The van der Waals surface area contributed by atoms with E-state index in [1.807, 2.05) is 0 Å². The molecule has 0 saturated carbocycles. The quantitative estimate of drug-likeness (QED) is 0.610. The summed E-state index contributed by atoms with van der Waals surface area (Å²) >= 11 is 0. The van der Waals surface area contributed by atoms with Gasteiger partial charge in [0.1, 0.15) is 5.56 Å². The Bertz CT molecular complexity index is 370. The van der Waals surface area contributed by atoms with Crippen LogP contribution in [0.3, 0.4) is 0 Å². The Labute approximate surface area is 74.4 Å². The number of aliphatic hydroxyl groups is 1. The zero-order chi connectivity index (χ0) is 9.84. The molecule has 0 atom stereocenters. The van der Waals surface area contributed by atoms with E-state index in [2.05, 4.69) is 6.07 Å². The maximum Gasteiger partial charge on any atom is 0.264 e. The van der Waals surface area contributed by atoms with Crippen molar-refractivity contribution in [2.75, 3.05) is 6.61 Å². The van der Waals surface area contributed by atoms with Crippen molar-refractivity contribution >= 4 is 5.91 Å². The van der Waals surface area contributed by atoms with Crippen molar-refractivity contribution in [1.82, 2.24) is 4.57 Å². The second kappa shape index (κ2) is 3.86. The van der Waals surface area contributed by atoms with Crippen molar-refractivity contribution in [3.8, 4) is 0 Å². The molecule has 1 aromatic heterocycles. The number of pyridine rings is 1. The predicted molar refractivity (Wildman–Crippen MR) is 45.1 cm³/mol. The molecule has 0 bridgehead atoms. The zero-order valence-electron chi connectivity index (χ0n) is 6.86. The van der Waals surface area contributed by atoms with E-state index in [4.69, 9.17) is 10.8 Å². The summed E-state index contributed by atoms with van der Waals surface area (Å²) in [6.45, 7) is -0.0179. The van der Waals surface area contributed by atoms with Crippen LogP contribution in [-0.2, 0) is 6.54 Å². The van der Waals surface area contributed by atoms with Crippen molar-refractivity contribution in [3.05, 3.63) is 34.2 Å². The van der Waals surface area contributed by atoms with Crippen LogP contribution in [0.25, 0.3) is 0 Å². The first-order valence-electron chi connectivity index (χ1n) is 3.68. The molecule has 1 rings (SSSR count). The van der Waals surface area contributed by atoms with Crippen LogP contribution in [0.1, 0.15) is 10.4 Å². The van der Waals surface area contributed by atoms with Crippen molar-refractivity contribution in [3.63, 3.8) is 0 Å². The van der Waals surface area contributed by atoms with Crippen LogP contribution < -0.4 is 11.3 Å². The second-order valence-electron chi connectivity index (χ2n) is 2.42. The number of nitrogens with zero attached hydrogens (tertiary/aromatic N) is 1. The standard InChI is InChI=1S/C8H9N2O3/c9-7(12)6-2-1-3-10(4-5-11)8(6)13/h1,3,11H,4-5H2,(H2,9,12). The molecule has 5 heteroatoms. The summed E-state index contributed by atoms with van der Waals surface area (Å²) in [7, 11) is 0.